The molecule has 0 aliphatic rings. The maximum atomic E-state index is 6.35. The Balaban J connectivity index is 1.26. The SMILES string of the molecule is Cc1ccccc1CN(CCNCCCON(Cc1ccccc1C)Cc1ccccc1C)Cc1ccccc1C. The molecule has 1 N–H and O–H groups in total. The van der Waals surface area contributed by atoms with Gasteiger partial charge in [0.1, 0.15) is 0 Å². The molecule has 4 nitrogen and oxygen atoms in total. The van der Waals surface area contributed by atoms with Crippen molar-refractivity contribution in [3.63, 3.8) is 0 Å². The first-order valence-electron chi connectivity index (χ1n) is 15.0. The average Bonchev–Trinajstić information content (AvgIpc) is 2.97. The number of nitrogens with zero attached hydrogens (tertiary/aromatic N) is 2. The van der Waals surface area contributed by atoms with Crippen molar-refractivity contribution < 1.29 is 4.84 Å². The fourth-order valence-electron chi connectivity index (χ4n) is 5.13. The van der Waals surface area contributed by atoms with Gasteiger partial charge in [0.2, 0.25) is 0 Å². The Kier molecular flexibility index (Phi) is 12.1. The lowest BCUT2D eigenvalue weighted by atomic mass is 10.1. The zero-order chi connectivity index (χ0) is 28.9. The summed E-state index contributed by atoms with van der Waals surface area (Å²) in [6.45, 7) is 15.8. The molecule has 0 atom stereocenters. The Morgan fingerprint density at radius 3 is 1.32 bits per heavy atom. The molecule has 216 valence electrons. The van der Waals surface area contributed by atoms with E-state index in [0.29, 0.717) is 6.61 Å². The van der Waals surface area contributed by atoms with Gasteiger partial charge in [-0.1, -0.05) is 97.1 Å². The Bertz CT molecular complexity index is 1150. The molecule has 0 radical (unpaired) electrons. The Hall–Kier alpha value is -3.28. The monoisotopic (exact) mass is 549 g/mol. The van der Waals surface area contributed by atoms with Gasteiger partial charge in [0, 0.05) is 39.3 Å². The van der Waals surface area contributed by atoms with Gasteiger partial charge in [0.15, 0.2) is 0 Å². The number of nitrogens with one attached hydrogen (secondary N) is 1. The molecule has 4 heteroatoms. The lowest BCUT2D eigenvalue weighted by Crippen LogP contribution is -2.33. The maximum Gasteiger partial charge on any atom is 0.0697 e. The van der Waals surface area contributed by atoms with Crippen LogP contribution in [0.5, 0.6) is 0 Å². The summed E-state index contributed by atoms with van der Waals surface area (Å²) in [5.74, 6) is 0. The van der Waals surface area contributed by atoms with Gasteiger partial charge in [-0.25, -0.2) is 0 Å². The molecular formula is C37H47N3O. The summed E-state index contributed by atoms with van der Waals surface area (Å²) in [6.07, 6.45) is 0.966. The first kappa shape index (κ1) is 30.7. The highest BCUT2D eigenvalue weighted by Gasteiger charge is 2.12. The van der Waals surface area contributed by atoms with Gasteiger partial charge in [0.25, 0.3) is 0 Å². The highest BCUT2D eigenvalue weighted by molar-refractivity contribution is 5.29. The van der Waals surface area contributed by atoms with Crippen LogP contribution in [-0.4, -0.2) is 36.2 Å². The third-order valence-corrected chi connectivity index (χ3v) is 7.90. The minimum absolute atomic E-state index is 0.695. The second kappa shape index (κ2) is 16.2. The molecule has 0 fully saturated rings. The van der Waals surface area contributed by atoms with E-state index in [9.17, 15) is 0 Å². The van der Waals surface area contributed by atoms with Crippen molar-refractivity contribution in [3.05, 3.63) is 142 Å². The van der Waals surface area contributed by atoms with Crippen LogP contribution in [0.3, 0.4) is 0 Å². The minimum Gasteiger partial charge on any atom is -0.315 e. The van der Waals surface area contributed by atoms with Crippen LogP contribution >= 0.6 is 0 Å². The Labute approximate surface area is 247 Å². The van der Waals surface area contributed by atoms with Crippen LogP contribution in [0.2, 0.25) is 0 Å². The fourth-order valence-corrected chi connectivity index (χ4v) is 5.13. The van der Waals surface area contributed by atoms with Gasteiger partial charge in [-0.15, -0.1) is 0 Å². The molecular weight excluding hydrogens is 502 g/mol. The van der Waals surface area contributed by atoms with Crippen molar-refractivity contribution in [2.45, 2.75) is 60.3 Å². The predicted octanol–water partition coefficient (Wildman–Crippen LogP) is 7.54. The summed E-state index contributed by atoms with van der Waals surface area (Å²) in [4.78, 5) is 8.91. The van der Waals surface area contributed by atoms with E-state index in [1.807, 2.05) is 0 Å². The van der Waals surface area contributed by atoms with Gasteiger partial charge in [-0.05, 0) is 85.2 Å². The van der Waals surface area contributed by atoms with Gasteiger partial charge in [0.05, 0.1) is 6.61 Å². The first-order valence-corrected chi connectivity index (χ1v) is 15.0. The summed E-state index contributed by atoms with van der Waals surface area (Å²) < 4.78 is 0. The normalized spacial score (nSPS) is 11.5. The zero-order valence-corrected chi connectivity index (χ0v) is 25.4. The summed E-state index contributed by atoms with van der Waals surface area (Å²) >= 11 is 0. The number of hydroxylamine groups is 2. The number of aryl methyl sites for hydroxylation is 4. The molecule has 4 aromatic rings. The molecule has 0 aliphatic carbocycles. The summed E-state index contributed by atoms with van der Waals surface area (Å²) in [6, 6.07) is 34.6. The highest BCUT2D eigenvalue weighted by Crippen LogP contribution is 2.17. The molecule has 0 unspecified atom stereocenters. The number of benzene rings is 4. The number of hydrogen-bond acceptors (Lipinski definition) is 4. The zero-order valence-electron chi connectivity index (χ0n) is 25.4. The molecule has 0 heterocycles. The number of hydrogen-bond donors (Lipinski definition) is 1. The Morgan fingerprint density at radius 2 is 0.902 bits per heavy atom. The molecule has 4 rings (SSSR count). The van der Waals surface area contributed by atoms with E-state index in [1.54, 1.807) is 0 Å². The van der Waals surface area contributed by atoms with Crippen LogP contribution in [-0.2, 0) is 31.0 Å². The van der Waals surface area contributed by atoms with Crippen molar-refractivity contribution in [1.82, 2.24) is 15.3 Å². The van der Waals surface area contributed by atoms with Crippen LogP contribution in [0.25, 0.3) is 0 Å². The molecule has 41 heavy (non-hydrogen) atoms. The van der Waals surface area contributed by atoms with Crippen LogP contribution in [0.1, 0.15) is 50.9 Å². The van der Waals surface area contributed by atoms with E-state index in [4.69, 9.17) is 4.84 Å². The van der Waals surface area contributed by atoms with Crippen LogP contribution in [0, 0.1) is 27.7 Å². The van der Waals surface area contributed by atoms with Crippen molar-refractivity contribution in [2.75, 3.05) is 26.2 Å². The van der Waals surface area contributed by atoms with Crippen molar-refractivity contribution in [1.29, 1.82) is 0 Å². The molecule has 0 saturated carbocycles. The highest BCUT2D eigenvalue weighted by atomic mass is 16.7. The van der Waals surface area contributed by atoms with Gasteiger partial charge in [-0.3, -0.25) is 9.74 Å². The van der Waals surface area contributed by atoms with Gasteiger partial charge < -0.3 is 5.32 Å². The largest absolute Gasteiger partial charge is 0.315 e. The Morgan fingerprint density at radius 1 is 0.512 bits per heavy atom. The van der Waals surface area contributed by atoms with Crippen LogP contribution in [0.15, 0.2) is 97.1 Å². The van der Waals surface area contributed by atoms with E-state index >= 15 is 0 Å². The molecule has 0 amide bonds. The van der Waals surface area contributed by atoms with Crippen molar-refractivity contribution in [3.8, 4) is 0 Å². The summed E-state index contributed by atoms with van der Waals surface area (Å²) in [5, 5.41) is 5.79. The quantitative estimate of drug-likeness (QED) is 0.115. The smallest absolute Gasteiger partial charge is 0.0697 e. The fraction of sp³-hybridized carbons (Fsp3) is 0.351. The van der Waals surface area contributed by atoms with E-state index in [-0.39, 0.29) is 0 Å². The van der Waals surface area contributed by atoms with E-state index in [0.717, 1.165) is 52.2 Å². The molecule has 0 spiro atoms. The third kappa shape index (κ3) is 9.94. The average molecular weight is 550 g/mol. The molecule has 0 aromatic heterocycles. The van der Waals surface area contributed by atoms with Gasteiger partial charge in [-0.2, -0.15) is 5.06 Å². The first-order chi connectivity index (χ1) is 20.0. The summed E-state index contributed by atoms with van der Waals surface area (Å²) in [7, 11) is 0. The molecule has 0 aliphatic heterocycles. The predicted molar refractivity (Wildman–Crippen MR) is 172 cm³/mol. The lowest BCUT2D eigenvalue weighted by Gasteiger charge is -2.25. The second-order valence-corrected chi connectivity index (χ2v) is 11.2. The topological polar surface area (TPSA) is 27.7 Å². The standard InChI is InChI=1S/C37H47N3O/c1-30-14-5-9-18-34(30)26-39(27-35-19-10-6-15-31(35)2)24-23-38-22-13-25-41-40(28-36-20-11-7-16-32(36)3)29-37-21-12-8-17-33(37)4/h5-12,14-21,38H,13,22-29H2,1-4H3. The van der Waals surface area contributed by atoms with E-state index in [2.05, 4.69) is 140 Å². The molecule has 0 bridgehead atoms. The second-order valence-electron chi connectivity index (χ2n) is 11.2. The molecule has 4 aromatic carbocycles. The number of rotatable bonds is 16. The maximum absolute atomic E-state index is 6.35. The summed E-state index contributed by atoms with van der Waals surface area (Å²) in [5.41, 5.74) is 10.7. The van der Waals surface area contributed by atoms with E-state index in [1.165, 1.54) is 44.5 Å². The van der Waals surface area contributed by atoms with Crippen LogP contribution in [0.4, 0.5) is 0 Å². The lowest BCUT2D eigenvalue weighted by molar-refractivity contribution is -0.174. The minimum atomic E-state index is 0.695. The van der Waals surface area contributed by atoms with Crippen molar-refractivity contribution in [2.24, 2.45) is 0 Å². The van der Waals surface area contributed by atoms with Gasteiger partial charge >= 0.3 is 0 Å². The van der Waals surface area contributed by atoms with Crippen LogP contribution < -0.4 is 5.32 Å². The van der Waals surface area contributed by atoms with E-state index < -0.39 is 0 Å². The van der Waals surface area contributed by atoms with Crippen molar-refractivity contribution >= 4 is 0 Å². The third-order valence-electron chi connectivity index (χ3n) is 7.90. The molecule has 0 saturated heterocycles.